The highest BCUT2D eigenvalue weighted by Crippen LogP contribution is 2.40. The number of nitrogens with one attached hydrogen (secondary N) is 2. The summed E-state index contributed by atoms with van der Waals surface area (Å²) < 4.78 is 40.9. The van der Waals surface area contributed by atoms with Gasteiger partial charge in [0.2, 0.25) is 0 Å². The van der Waals surface area contributed by atoms with Crippen molar-refractivity contribution in [3.8, 4) is 11.1 Å². The van der Waals surface area contributed by atoms with Crippen LogP contribution in [0.5, 0.6) is 0 Å². The van der Waals surface area contributed by atoms with Gasteiger partial charge >= 0.3 is 0 Å². The third-order valence-corrected chi connectivity index (χ3v) is 5.93. The lowest BCUT2D eigenvalue weighted by atomic mass is 9.92. The minimum absolute atomic E-state index is 0.306. The third-order valence-electron chi connectivity index (χ3n) is 5.93. The zero-order chi connectivity index (χ0) is 26.1. The van der Waals surface area contributed by atoms with Crippen molar-refractivity contribution in [3.05, 3.63) is 89.2 Å². The molecule has 3 aromatic rings. The highest BCUT2D eigenvalue weighted by atomic mass is 19.1. The van der Waals surface area contributed by atoms with Crippen molar-refractivity contribution in [2.75, 3.05) is 5.01 Å². The number of amides is 3. The Morgan fingerprint density at radius 2 is 1.58 bits per heavy atom. The fourth-order valence-corrected chi connectivity index (χ4v) is 4.05. The Morgan fingerprint density at radius 1 is 0.917 bits per heavy atom. The van der Waals surface area contributed by atoms with Gasteiger partial charge in [0.1, 0.15) is 23.5 Å². The Kier molecular flexibility index (Phi) is 6.80. The first kappa shape index (κ1) is 24.9. The molecule has 3 N–H and O–H groups in total. The average molecular weight is 497 g/mol. The fourth-order valence-electron chi connectivity index (χ4n) is 4.05. The first-order chi connectivity index (χ1) is 17.1. The fraction of sp³-hybridized carbons (Fsp3) is 0.192. The summed E-state index contributed by atoms with van der Waals surface area (Å²) in [5.74, 6) is -5.52. The quantitative estimate of drug-likeness (QED) is 0.503. The van der Waals surface area contributed by atoms with Crippen LogP contribution in [0.1, 0.15) is 37.0 Å². The number of carbonyl (C=O) groups is 3. The molecule has 7 nitrogen and oxygen atoms in total. The van der Waals surface area contributed by atoms with Crippen LogP contribution in [0.4, 0.5) is 18.9 Å². The number of hydrogen-bond donors (Lipinski definition) is 3. The molecule has 3 amide bonds. The van der Waals surface area contributed by atoms with E-state index >= 15 is 0 Å². The Labute approximate surface area is 204 Å². The number of nitrogens with zero attached hydrogens (tertiary/aromatic N) is 1. The molecule has 1 aliphatic heterocycles. The van der Waals surface area contributed by atoms with E-state index in [1.807, 2.05) is 0 Å². The maximum Gasteiger partial charge on any atom is 0.261 e. The van der Waals surface area contributed by atoms with Crippen LogP contribution in [0.3, 0.4) is 0 Å². The molecule has 0 aliphatic carbocycles. The van der Waals surface area contributed by atoms with Crippen molar-refractivity contribution < 1.29 is 32.7 Å². The molecule has 1 unspecified atom stereocenters. The summed E-state index contributed by atoms with van der Waals surface area (Å²) in [4.78, 5) is 38.7. The van der Waals surface area contributed by atoms with Crippen LogP contribution in [0.15, 0.2) is 60.7 Å². The number of hydrogen-bond acceptors (Lipinski definition) is 4. The summed E-state index contributed by atoms with van der Waals surface area (Å²) in [6.45, 7) is 2.94. The molecule has 0 spiro atoms. The molecule has 36 heavy (non-hydrogen) atoms. The summed E-state index contributed by atoms with van der Waals surface area (Å²) in [6, 6.07) is 11.7. The van der Waals surface area contributed by atoms with E-state index in [1.165, 1.54) is 25.1 Å². The van der Waals surface area contributed by atoms with E-state index in [4.69, 9.17) is 0 Å². The second-order valence-electron chi connectivity index (χ2n) is 8.46. The lowest BCUT2D eigenvalue weighted by Gasteiger charge is -2.27. The second kappa shape index (κ2) is 9.82. The SMILES string of the molecule is CC1C(=O)N(NC(=O)[C@H](C)NC(=O)[C@@H](O)c2cc(F)cc(F)c2)c2ccccc2-c2cc(F)ccc21. The predicted octanol–water partition coefficient (Wildman–Crippen LogP) is 3.49. The van der Waals surface area contributed by atoms with Crippen molar-refractivity contribution >= 4 is 23.4 Å². The van der Waals surface area contributed by atoms with Crippen molar-refractivity contribution in [2.24, 2.45) is 0 Å². The van der Waals surface area contributed by atoms with Gasteiger partial charge in [0.05, 0.1) is 11.6 Å². The molecule has 3 aromatic carbocycles. The third kappa shape index (κ3) is 4.80. The number of aliphatic hydroxyl groups is 1. The zero-order valence-corrected chi connectivity index (χ0v) is 19.3. The maximum atomic E-state index is 14.0. The summed E-state index contributed by atoms with van der Waals surface area (Å²) >= 11 is 0. The van der Waals surface area contributed by atoms with Crippen LogP contribution in [0, 0.1) is 17.5 Å². The highest BCUT2D eigenvalue weighted by molar-refractivity contribution is 6.06. The van der Waals surface area contributed by atoms with Gasteiger partial charge in [0, 0.05) is 11.6 Å². The lowest BCUT2D eigenvalue weighted by Crippen LogP contribution is -2.54. The lowest BCUT2D eigenvalue weighted by molar-refractivity contribution is -0.134. The Bertz CT molecular complexity index is 1340. The molecule has 0 bridgehead atoms. The normalized spacial score (nSPS) is 16.3. The maximum absolute atomic E-state index is 14.0. The number of aliphatic hydroxyl groups excluding tert-OH is 1. The molecular weight excluding hydrogens is 475 g/mol. The molecule has 10 heteroatoms. The minimum atomic E-state index is -1.93. The van der Waals surface area contributed by atoms with Gasteiger partial charge in [-0.05, 0) is 60.9 Å². The molecule has 1 aliphatic rings. The average Bonchev–Trinajstić information content (AvgIpc) is 2.92. The minimum Gasteiger partial charge on any atom is -0.378 e. The largest absolute Gasteiger partial charge is 0.378 e. The van der Waals surface area contributed by atoms with Crippen LogP contribution in [-0.4, -0.2) is 28.9 Å². The molecule has 4 rings (SSSR count). The molecule has 0 saturated heterocycles. The van der Waals surface area contributed by atoms with Gasteiger partial charge in [-0.25, -0.2) is 18.2 Å². The number of halogens is 3. The van der Waals surface area contributed by atoms with Gasteiger partial charge in [0.15, 0.2) is 6.10 Å². The molecule has 0 aromatic heterocycles. The molecule has 0 fully saturated rings. The first-order valence-corrected chi connectivity index (χ1v) is 11.0. The van der Waals surface area contributed by atoms with Crippen LogP contribution in [-0.2, 0) is 14.4 Å². The van der Waals surface area contributed by atoms with Gasteiger partial charge in [-0.15, -0.1) is 0 Å². The van der Waals surface area contributed by atoms with Crippen LogP contribution >= 0.6 is 0 Å². The van der Waals surface area contributed by atoms with Gasteiger partial charge in [0.25, 0.3) is 17.7 Å². The summed E-state index contributed by atoms with van der Waals surface area (Å²) in [6.07, 6.45) is -1.93. The topological polar surface area (TPSA) is 98.7 Å². The first-order valence-electron chi connectivity index (χ1n) is 11.0. The van der Waals surface area contributed by atoms with Crippen molar-refractivity contribution in [2.45, 2.75) is 31.9 Å². The Morgan fingerprint density at radius 3 is 2.28 bits per heavy atom. The number of para-hydroxylation sites is 1. The van der Waals surface area contributed by atoms with Gasteiger partial charge < -0.3 is 10.4 Å². The predicted molar refractivity (Wildman–Crippen MR) is 125 cm³/mol. The van der Waals surface area contributed by atoms with Crippen molar-refractivity contribution in [3.63, 3.8) is 0 Å². The second-order valence-corrected chi connectivity index (χ2v) is 8.46. The molecule has 0 radical (unpaired) electrons. The van der Waals surface area contributed by atoms with E-state index in [0.717, 1.165) is 17.1 Å². The van der Waals surface area contributed by atoms with Crippen LogP contribution in [0.2, 0.25) is 0 Å². The summed E-state index contributed by atoms with van der Waals surface area (Å²) in [5, 5.41) is 13.5. The highest BCUT2D eigenvalue weighted by Gasteiger charge is 2.34. The van der Waals surface area contributed by atoms with E-state index in [0.29, 0.717) is 28.4 Å². The standard InChI is InChI=1S/C26H22F3N3O4/c1-13-19-8-7-16(27)12-21(19)20-5-3-4-6-22(20)32(26(13)36)31-24(34)14(2)30-25(35)23(33)15-9-17(28)11-18(29)10-15/h3-14,23,33H,1-2H3,(H,30,35)(H,31,34)/t13?,14-,23-/m0/s1. The van der Waals surface area contributed by atoms with Crippen LogP contribution in [0.25, 0.3) is 11.1 Å². The monoisotopic (exact) mass is 497 g/mol. The number of anilines is 1. The number of rotatable bonds is 5. The van der Waals surface area contributed by atoms with Crippen LogP contribution < -0.4 is 15.8 Å². The van der Waals surface area contributed by atoms with Gasteiger partial charge in [-0.2, -0.15) is 0 Å². The molecule has 186 valence electrons. The number of fused-ring (bicyclic) bond motifs is 3. The van der Waals surface area contributed by atoms with E-state index in [1.54, 1.807) is 31.2 Å². The van der Waals surface area contributed by atoms with Gasteiger partial charge in [-0.3, -0.25) is 19.8 Å². The van der Waals surface area contributed by atoms with Crippen molar-refractivity contribution in [1.82, 2.24) is 10.7 Å². The van der Waals surface area contributed by atoms with Crippen molar-refractivity contribution in [1.29, 1.82) is 0 Å². The zero-order valence-electron chi connectivity index (χ0n) is 19.3. The molecular formula is C26H22F3N3O4. The number of benzene rings is 3. The summed E-state index contributed by atoms with van der Waals surface area (Å²) in [5.41, 5.74) is 4.07. The van der Waals surface area contributed by atoms with E-state index in [9.17, 15) is 32.7 Å². The smallest absolute Gasteiger partial charge is 0.261 e. The Balaban J connectivity index is 1.56. The van der Waals surface area contributed by atoms with E-state index in [-0.39, 0.29) is 5.56 Å². The molecule has 1 heterocycles. The Hall–Kier alpha value is -4.18. The molecule has 3 atom stereocenters. The molecule has 0 saturated carbocycles. The van der Waals surface area contributed by atoms with E-state index < -0.39 is 53.2 Å². The number of hydrazine groups is 1. The van der Waals surface area contributed by atoms with E-state index in [2.05, 4.69) is 10.7 Å². The number of carbonyl (C=O) groups excluding carboxylic acids is 3. The van der Waals surface area contributed by atoms with Gasteiger partial charge in [-0.1, -0.05) is 24.3 Å². The summed E-state index contributed by atoms with van der Waals surface area (Å²) in [7, 11) is 0.